The maximum Gasteiger partial charge on any atom is 0.276 e. The van der Waals surface area contributed by atoms with Gasteiger partial charge in [0.1, 0.15) is 11.5 Å². The quantitative estimate of drug-likeness (QED) is 0.884. The Balaban J connectivity index is 1.52. The zero-order valence-electron chi connectivity index (χ0n) is 11.9. The van der Waals surface area contributed by atoms with E-state index in [9.17, 15) is 0 Å². The second-order valence-corrected chi connectivity index (χ2v) is 7.33. The molecule has 6 rings (SSSR count). The van der Waals surface area contributed by atoms with Crippen molar-refractivity contribution in [3.05, 3.63) is 11.9 Å². The van der Waals surface area contributed by atoms with Gasteiger partial charge in [-0.2, -0.15) is 10.1 Å². The van der Waals surface area contributed by atoms with Gasteiger partial charge >= 0.3 is 0 Å². The predicted molar refractivity (Wildman–Crippen MR) is 76.1 cm³/mol. The summed E-state index contributed by atoms with van der Waals surface area (Å²) in [6, 6.07) is 1.73. The van der Waals surface area contributed by atoms with Gasteiger partial charge in [-0.25, -0.2) is 0 Å². The maximum atomic E-state index is 5.64. The smallest absolute Gasteiger partial charge is 0.276 e. The van der Waals surface area contributed by atoms with Gasteiger partial charge in [0.2, 0.25) is 0 Å². The molecule has 4 aliphatic carbocycles. The molecular formula is C15H19N5O. The molecule has 0 aromatic carbocycles. The Morgan fingerprint density at radius 3 is 2.38 bits per heavy atom. The fourth-order valence-electron chi connectivity index (χ4n) is 5.38. The van der Waals surface area contributed by atoms with Crippen molar-refractivity contribution in [3.8, 4) is 11.6 Å². The highest BCUT2D eigenvalue weighted by Crippen LogP contribution is 2.60. The number of hydrogen-bond acceptors (Lipinski definition) is 5. The van der Waals surface area contributed by atoms with E-state index in [1.807, 2.05) is 0 Å². The summed E-state index contributed by atoms with van der Waals surface area (Å²) >= 11 is 0. The molecule has 110 valence electrons. The number of aromatic nitrogens is 4. The van der Waals surface area contributed by atoms with E-state index in [2.05, 4.69) is 20.3 Å². The van der Waals surface area contributed by atoms with Crippen molar-refractivity contribution in [3.63, 3.8) is 0 Å². The van der Waals surface area contributed by atoms with Crippen LogP contribution in [-0.4, -0.2) is 20.3 Å². The zero-order chi connectivity index (χ0) is 14.0. The molecule has 2 aromatic rings. The molecule has 2 heterocycles. The average Bonchev–Trinajstić information content (AvgIpc) is 3.05. The van der Waals surface area contributed by atoms with Crippen LogP contribution in [0.15, 0.2) is 10.6 Å². The van der Waals surface area contributed by atoms with E-state index in [1.54, 1.807) is 6.07 Å². The lowest BCUT2D eigenvalue weighted by atomic mass is 9.49. The summed E-state index contributed by atoms with van der Waals surface area (Å²) in [5, 5.41) is 11.1. The molecule has 0 saturated heterocycles. The van der Waals surface area contributed by atoms with Crippen LogP contribution in [0.3, 0.4) is 0 Å². The van der Waals surface area contributed by atoms with E-state index < -0.39 is 0 Å². The van der Waals surface area contributed by atoms with Crippen LogP contribution in [0.5, 0.6) is 0 Å². The molecule has 0 spiro atoms. The number of anilines is 1. The summed E-state index contributed by atoms with van der Waals surface area (Å²) in [5.74, 6) is 4.48. The fourth-order valence-corrected chi connectivity index (χ4v) is 5.38. The normalized spacial score (nSPS) is 37.2. The van der Waals surface area contributed by atoms with Crippen molar-refractivity contribution < 1.29 is 4.52 Å². The van der Waals surface area contributed by atoms with E-state index in [0.29, 0.717) is 17.4 Å². The van der Waals surface area contributed by atoms with E-state index in [-0.39, 0.29) is 5.41 Å². The Hall–Kier alpha value is -1.85. The largest absolute Gasteiger partial charge is 0.382 e. The first kappa shape index (κ1) is 11.8. The first-order chi connectivity index (χ1) is 10.2. The molecule has 21 heavy (non-hydrogen) atoms. The van der Waals surface area contributed by atoms with Gasteiger partial charge in [-0.05, 0) is 56.3 Å². The van der Waals surface area contributed by atoms with Crippen LogP contribution < -0.4 is 5.73 Å². The molecule has 0 amide bonds. The van der Waals surface area contributed by atoms with Crippen LogP contribution in [0.25, 0.3) is 11.6 Å². The molecule has 0 unspecified atom stereocenters. The standard InChI is InChI=1S/C15H19N5O/c16-12-4-11(18-19-12)13-17-14(20-21-13)15-5-8-1-9(6-15)3-10(2-8)7-15/h4,8-10H,1-3,5-7H2,(H3,16,18,19). The minimum atomic E-state index is 0.169. The zero-order valence-corrected chi connectivity index (χ0v) is 11.9. The van der Waals surface area contributed by atoms with Crippen molar-refractivity contribution in [2.24, 2.45) is 17.8 Å². The van der Waals surface area contributed by atoms with Gasteiger partial charge in [-0.15, -0.1) is 0 Å². The van der Waals surface area contributed by atoms with Gasteiger partial charge < -0.3 is 10.3 Å². The van der Waals surface area contributed by atoms with Crippen LogP contribution >= 0.6 is 0 Å². The minimum Gasteiger partial charge on any atom is -0.382 e. The van der Waals surface area contributed by atoms with Crippen LogP contribution in [0.4, 0.5) is 5.82 Å². The molecule has 0 radical (unpaired) electrons. The number of nitrogens with zero attached hydrogens (tertiary/aromatic N) is 3. The van der Waals surface area contributed by atoms with E-state index in [4.69, 9.17) is 10.3 Å². The summed E-state index contributed by atoms with van der Waals surface area (Å²) < 4.78 is 5.47. The van der Waals surface area contributed by atoms with E-state index >= 15 is 0 Å². The lowest BCUT2D eigenvalue weighted by molar-refractivity contribution is -0.0103. The Bertz CT molecular complexity index is 653. The predicted octanol–water partition coefficient (Wildman–Crippen LogP) is 2.51. The Morgan fingerprint density at radius 2 is 1.81 bits per heavy atom. The number of hydrogen-bond donors (Lipinski definition) is 2. The van der Waals surface area contributed by atoms with Crippen molar-refractivity contribution in [2.45, 2.75) is 43.9 Å². The molecule has 6 nitrogen and oxygen atoms in total. The fraction of sp³-hybridized carbons (Fsp3) is 0.667. The van der Waals surface area contributed by atoms with Gasteiger partial charge in [0.15, 0.2) is 5.82 Å². The third-order valence-electron chi connectivity index (χ3n) is 5.77. The summed E-state index contributed by atoms with van der Waals surface area (Å²) in [5.41, 5.74) is 6.51. The summed E-state index contributed by atoms with van der Waals surface area (Å²) in [4.78, 5) is 4.68. The topological polar surface area (TPSA) is 93.6 Å². The van der Waals surface area contributed by atoms with Crippen molar-refractivity contribution in [1.82, 2.24) is 20.3 Å². The summed E-state index contributed by atoms with van der Waals surface area (Å²) in [6.45, 7) is 0. The molecule has 4 aliphatic rings. The molecular weight excluding hydrogens is 266 g/mol. The second kappa shape index (κ2) is 3.87. The van der Waals surface area contributed by atoms with Crippen molar-refractivity contribution in [2.75, 3.05) is 5.73 Å². The van der Waals surface area contributed by atoms with Gasteiger partial charge in [-0.3, -0.25) is 5.10 Å². The third-order valence-corrected chi connectivity index (χ3v) is 5.77. The average molecular weight is 285 g/mol. The number of H-pyrrole nitrogens is 1. The SMILES string of the molecule is Nc1cc(-c2nc(C34CC5CC(CC(C5)C3)C4)no2)[nH]n1. The highest BCUT2D eigenvalue weighted by molar-refractivity contribution is 5.51. The van der Waals surface area contributed by atoms with Crippen LogP contribution in [-0.2, 0) is 5.41 Å². The molecule has 3 N–H and O–H groups in total. The molecule has 0 aliphatic heterocycles. The monoisotopic (exact) mass is 285 g/mol. The second-order valence-electron chi connectivity index (χ2n) is 7.33. The number of nitrogens with one attached hydrogen (secondary N) is 1. The Morgan fingerprint density at radius 1 is 1.14 bits per heavy atom. The lowest BCUT2D eigenvalue weighted by Crippen LogP contribution is -2.49. The molecule has 6 heteroatoms. The number of nitrogen functional groups attached to an aromatic ring is 1. The van der Waals surface area contributed by atoms with Crippen molar-refractivity contribution >= 4 is 5.82 Å². The highest BCUT2D eigenvalue weighted by Gasteiger charge is 2.53. The molecule has 4 bridgehead atoms. The maximum absolute atomic E-state index is 5.64. The highest BCUT2D eigenvalue weighted by atomic mass is 16.5. The van der Waals surface area contributed by atoms with E-state index in [0.717, 1.165) is 23.6 Å². The third kappa shape index (κ3) is 1.68. The van der Waals surface area contributed by atoms with Crippen LogP contribution in [0, 0.1) is 17.8 Å². The summed E-state index contributed by atoms with van der Waals surface area (Å²) in [6.07, 6.45) is 7.97. The van der Waals surface area contributed by atoms with Gasteiger partial charge in [0.05, 0.1) is 0 Å². The van der Waals surface area contributed by atoms with Gasteiger partial charge in [-0.1, -0.05) is 5.16 Å². The molecule has 2 aromatic heterocycles. The van der Waals surface area contributed by atoms with Crippen LogP contribution in [0.2, 0.25) is 0 Å². The first-order valence-corrected chi connectivity index (χ1v) is 7.86. The molecule has 4 fully saturated rings. The Labute approximate surface area is 122 Å². The molecule has 4 saturated carbocycles. The van der Waals surface area contributed by atoms with Crippen molar-refractivity contribution in [1.29, 1.82) is 0 Å². The summed E-state index contributed by atoms with van der Waals surface area (Å²) in [7, 11) is 0. The Kier molecular flexibility index (Phi) is 2.17. The van der Waals surface area contributed by atoms with Gasteiger partial charge in [0, 0.05) is 11.5 Å². The first-order valence-electron chi connectivity index (χ1n) is 7.86. The minimum absolute atomic E-state index is 0.169. The number of rotatable bonds is 2. The molecule has 0 atom stereocenters. The number of nitrogens with two attached hydrogens (primary N) is 1. The van der Waals surface area contributed by atoms with Crippen LogP contribution in [0.1, 0.15) is 44.3 Å². The van der Waals surface area contributed by atoms with E-state index in [1.165, 1.54) is 38.5 Å². The lowest BCUT2D eigenvalue weighted by Gasteiger charge is -2.55. The number of aromatic amines is 1. The van der Waals surface area contributed by atoms with Gasteiger partial charge in [0.25, 0.3) is 5.89 Å².